The van der Waals surface area contributed by atoms with Crippen molar-refractivity contribution in [2.75, 3.05) is 12.0 Å². The number of carbonyl (C=O) groups is 2. The van der Waals surface area contributed by atoms with Crippen LogP contribution in [0.4, 0.5) is 5.69 Å². The standard InChI is InChI=1S/C25H19Cl2NO4/c1-14-4-3-5-16(12-14)22-21(23(29)15-6-8-17(26)9-7-15)24(30)25(31)28(22)18-10-11-20(32-2)19(27)13-18/h3-13,22,29H,1-2H3/b23-21+. The Morgan fingerprint density at radius 3 is 2.34 bits per heavy atom. The second kappa shape index (κ2) is 8.69. The third-order valence-corrected chi connectivity index (χ3v) is 5.88. The summed E-state index contributed by atoms with van der Waals surface area (Å²) in [6.45, 7) is 1.92. The first-order chi connectivity index (χ1) is 15.3. The summed E-state index contributed by atoms with van der Waals surface area (Å²) in [4.78, 5) is 27.7. The summed E-state index contributed by atoms with van der Waals surface area (Å²) in [5, 5.41) is 11.9. The fourth-order valence-electron chi connectivity index (χ4n) is 3.82. The van der Waals surface area contributed by atoms with E-state index in [-0.39, 0.29) is 11.3 Å². The van der Waals surface area contributed by atoms with E-state index in [9.17, 15) is 14.7 Å². The average molecular weight is 468 g/mol. The number of ketones is 1. The zero-order valence-electron chi connectivity index (χ0n) is 17.3. The Balaban J connectivity index is 1.95. The fourth-order valence-corrected chi connectivity index (χ4v) is 4.20. The van der Waals surface area contributed by atoms with E-state index in [1.807, 2.05) is 31.2 Å². The number of nitrogens with zero attached hydrogens (tertiary/aromatic N) is 1. The lowest BCUT2D eigenvalue weighted by Gasteiger charge is -2.26. The largest absolute Gasteiger partial charge is 0.507 e. The van der Waals surface area contributed by atoms with Gasteiger partial charge in [0, 0.05) is 16.3 Å². The minimum atomic E-state index is -0.838. The Kier molecular flexibility index (Phi) is 5.96. The van der Waals surface area contributed by atoms with E-state index in [1.54, 1.807) is 42.5 Å². The van der Waals surface area contributed by atoms with Crippen molar-refractivity contribution < 1.29 is 19.4 Å². The predicted molar refractivity (Wildman–Crippen MR) is 125 cm³/mol. The molecule has 1 fully saturated rings. The van der Waals surface area contributed by atoms with Crippen LogP contribution in [0.2, 0.25) is 10.0 Å². The molecule has 7 heteroatoms. The number of aliphatic hydroxyl groups excluding tert-OH is 1. The minimum absolute atomic E-state index is 0.00476. The molecule has 3 aromatic carbocycles. The van der Waals surface area contributed by atoms with Crippen LogP contribution in [-0.4, -0.2) is 23.9 Å². The molecule has 162 valence electrons. The van der Waals surface area contributed by atoms with Gasteiger partial charge < -0.3 is 9.84 Å². The van der Waals surface area contributed by atoms with Crippen molar-refractivity contribution in [2.24, 2.45) is 0 Å². The molecule has 0 aliphatic carbocycles. The van der Waals surface area contributed by atoms with E-state index in [4.69, 9.17) is 27.9 Å². The van der Waals surface area contributed by atoms with Gasteiger partial charge in [-0.1, -0.05) is 53.0 Å². The lowest BCUT2D eigenvalue weighted by atomic mass is 9.94. The summed E-state index contributed by atoms with van der Waals surface area (Å²) in [7, 11) is 1.49. The van der Waals surface area contributed by atoms with Gasteiger partial charge in [0.1, 0.15) is 11.5 Å². The van der Waals surface area contributed by atoms with E-state index < -0.39 is 17.7 Å². The molecular weight excluding hydrogens is 449 g/mol. The van der Waals surface area contributed by atoms with E-state index in [1.165, 1.54) is 12.0 Å². The van der Waals surface area contributed by atoms with Gasteiger partial charge in [-0.15, -0.1) is 0 Å². The number of methoxy groups -OCH3 is 1. The number of rotatable bonds is 4. The molecule has 1 amide bonds. The molecule has 5 nitrogen and oxygen atoms in total. The molecule has 3 aromatic rings. The van der Waals surface area contributed by atoms with Crippen molar-refractivity contribution in [3.05, 3.63) is 99.0 Å². The van der Waals surface area contributed by atoms with Gasteiger partial charge in [-0.2, -0.15) is 0 Å². The first kappa shape index (κ1) is 21.9. The maximum absolute atomic E-state index is 13.2. The smallest absolute Gasteiger partial charge is 0.300 e. The van der Waals surface area contributed by atoms with Crippen LogP contribution in [0.25, 0.3) is 5.76 Å². The first-order valence-electron chi connectivity index (χ1n) is 9.79. The van der Waals surface area contributed by atoms with Gasteiger partial charge in [-0.3, -0.25) is 14.5 Å². The fraction of sp³-hybridized carbons (Fsp3) is 0.120. The first-order valence-corrected chi connectivity index (χ1v) is 10.5. The molecule has 0 aromatic heterocycles. The maximum Gasteiger partial charge on any atom is 0.300 e. The quantitative estimate of drug-likeness (QED) is 0.293. The van der Waals surface area contributed by atoms with Gasteiger partial charge in [-0.05, 0) is 55.0 Å². The Labute approximate surface area is 195 Å². The number of anilines is 1. The normalized spacial score (nSPS) is 17.6. The highest BCUT2D eigenvalue weighted by Gasteiger charge is 2.47. The van der Waals surface area contributed by atoms with Gasteiger partial charge in [-0.25, -0.2) is 0 Å². The van der Waals surface area contributed by atoms with Crippen LogP contribution in [-0.2, 0) is 9.59 Å². The maximum atomic E-state index is 13.2. The van der Waals surface area contributed by atoms with Gasteiger partial charge in [0.15, 0.2) is 0 Å². The number of amides is 1. The molecule has 1 saturated heterocycles. The van der Waals surface area contributed by atoms with Crippen LogP contribution in [0.3, 0.4) is 0 Å². The van der Waals surface area contributed by atoms with Crippen molar-refractivity contribution in [3.8, 4) is 5.75 Å². The SMILES string of the molecule is COc1ccc(N2C(=O)C(=O)/C(=C(/O)c3ccc(Cl)cc3)C2c2cccc(C)c2)cc1Cl. The average Bonchev–Trinajstić information content (AvgIpc) is 3.04. The summed E-state index contributed by atoms with van der Waals surface area (Å²) >= 11 is 12.3. The molecule has 32 heavy (non-hydrogen) atoms. The Morgan fingerprint density at radius 2 is 1.72 bits per heavy atom. The molecule has 4 rings (SSSR count). The number of benzene rings is 3. The van der Waals surface area contributed by atoms with Gasteiger partial charge >= 0.3 is 0 Å². The van der Waals surface area contributed by atoms with Crippen LogP contribution in [0, 0.1) is 6.92 Å². The van der Waals surface area contributed by atoms with E-state index >= 15 is 0 Å². The Bertz CT molecular complexity index is 1250. The van der Waals surface area contributed by atoms with E-state index in [2.05, 4.69) is 0 Å². The Morgan fingerprint density at radius 1 is 1.00 bits per heavy atom. The molecule has 1 atom stereocenters. The lowest BCUT2D eigenvalue weighted by molar-refractivity contribution is -0.132. The number of halogens is 2. The highest BCUT2D eigenvalue weighted by molar-refractivity contribution is 6.52. The van der Waals surface area contributed by atoms with Crippen LogP contribution < -0.4 is 9.64 Å². The third kappa shape index (κ3) is 3.85. The van der Waals surface area contributed by atoms with Crippen molar-refractivity contribution in [2.45, 2.75) is 13.0 Å². The van der Waals surface area contributed by atoms with Crippen LogP contribution in [0.5, 0.6) is 5.75 Å². The Hall–Kier alpha value is -3.28. The number of aliphatic hydroxyl groups is 1. The van der Waals surface area contributed by atoms with Crippen molar-refractivity contribution in [1.29, 1.82) is 0 Å². The third-order valence-electron chi connectivity index (χ3n) is 5.33. The number of hydrogen-bond donors (Lipinski definition) is 1. The van der Waals surface area contributed by atoms with Gasteiger partial charge in [0.05, 0.1) is 23.7 Å². The second-order valence-corrected chi connectivity index (χ2v) is 8.25. The van der Waals surface area contributed by atoms with Gasteiger partial charge in [0.2, 0.25) is 0 Å². The molecule has 0 saturated carbocycles. The number of hydrogen-bond acceptors (Lipinski definition) is 4. The summed E-state index contributed by atoms with van der Waals surface area (Å²) in [6, 6.07) is 17.9. The zero-order valence-corrected chi connectivity index (χ0v) is 18.8. The molecular formula is C25H19Cl2NO4. The van der Waals surface area contributed by atoms with Gasteiger partial charge in [0.25, 0.3) is 11.7 Å². The zero-order chi connectivity index (χ0) is 23.0. The minimum Gasteiger partial charge on any atom is -0.507 e. The molecule has 0 radical (unpaired) electrons. The van der Waals surface area contributed by atoms with Crippen LogP contribution in [0.1, 0.15) is 22.7 Å². The molecule has 1 aliphatic heterocycles. The lowest BCUT2D eigenvalue weighted by Crippen LogP contribution is -2.29. The summed E-state index contributed by atoms with van der Waals surface area (Å²) in [6.07, 6.45) is 0. The number of ether oxygens (including phenoxy) is 1. The number of Topliss-reactive ketones (excluding diaryl/α,β-unsaturated/α-hetero) is 1. The summed E-state index contributed by atoms with van der Waals surface area (Å²) in [5.74, 6) is -1.36. The summed E-state index contributed by atoms with van der Waals surface area (Å²) < 4.78 is 5.20. The molecule has 1 N–H and O–H groups in total. The van der Waals surface area contributed by atoms with Crippen molar-refractivity contribution >= 4 is 46.3 Å². The second-order valence-electron chi connectivity index (χ2n) is 7.41. The van der Waals surface area contributed by atoms with Crippen LogP contribution in [0.15, 0.2) is 72.3 Å². The highest BCUT2D eigenvalue weighted by Crippen LogP contribution is 2.43. The number of carbonyl (C=O) groups excluding carboxylic acids is 2. The molecule has 1 unspecified atom stereocenters. The molecule has 1 heterocycles. The predicted octanol–water partition coefficient (Wildman–Crippen LogP) is 5.94. The molecule has 0 bridgehead atoms. The van der Waals surface area contributed by atoms with Crippen molar-refractivity contribution in [3.63, 3.8) is 0 Å². The van der Waals surface area contributed by atoms with E-state index in [0.717, 1.165) is 5.56 Å². The van der Waals surface area contributed by atoms with Crippen LogP contribution >= 0.6 is 23.2 Å². The number of aryl methyl sites for hydroxylation is 1. The van der Waals surface area contributed by atoms with Crippen molar-refractivity contribution in [1.82, 2.24) is 0 Å². The molecule has 0 spiro atoms. The highest BCUT2D eigenvalue weighted by atomic mass is 35.5. The van der Waals surface area contributed by atoms with E-state index in [0.29, 0.717) is 32.6 Å². The molecule has 1 aliphatic rings. The topological polar surface area (TPSA) is 66.8 Å². The monoisotopic (exact) mass is 467 g/mol. The summed E-state index contributed by atoms with van der Waals surface area (Å²) in [5.41, 5.74) is 2.44.